The van der Waals surface area contributed by atoms with E-state index in [1.54, 1.807) is 17.0 Å². The Hall–Kier alpha value is -2.87. The molecule has 0 saturated carbocycles. The van der Waals surface area contributed by atoms with E-state index in [2.05, 4.69) is 5.32 Å². The number of hydrogen-bond acceptors (Lipinski definition) is 5. The number of likely N-dealkylation sites (N-methyl/N-ethyl adjacent to an activating group) is 1. The summed E-state index contributed by atoms with van der Waals surface area (Å²) >= 11 is 6.66. The van der Waals surface area contributed by atoms with Crippen LogP contribution >= 0.6 is 11.6 Å². The minimum Gasteiger partial charge on any atom is -0.449 e. The smallest absolute Gasteiger partial charge is 0.410 e. The number of aromatic nitrogens is 1. The summed E-state index contributed by atoms with van der Waals surface area (Å²) in [6.45, 7) is 2.81. The minimum atomic E-state index is -0.808. The molecule has 1 aromatic carbocycles. The van der Waals surface area contributed by atoms with E-state index in [-0.39, 0.29) is 31.5 Å². The first-order valence-corrected chi connectivity index (χ1v) is 11.9. The minimum absolute atomic E-state index is 0.0934. The Morgan fingerprint density at radius 3 is 2.76 bits per heavy atom. The highest BCUT2D eigenvalue weighted by atomic mass is 35.5. The van der Waals surface area contributed by atoms with E-state index in [0.29, 0.717) is 24.0 Å². The van der Waals surface area contributed by atoms with Gasteiger partial charge in [0.05, 0.1) is 23.7 Å². The molecule has 1 aliphatic heterocycles. The van der Waals surface area contributed by atoms with E-state index in [0.717, 1.165) is 47.3 Å². The number of aryl methyl sites for hydroxylation is 1. The lowest BCUT2D eigenvalue weighted by atomic mass is 9.94. The average Bonchev–Trinajstić information content (AvgIpc) is 2.85. The van der Waals surface area contributed by atoms with Crippen molar-refractivity contribution >= 4 is 40.4 Å². The zero-order valence-electron chi connectivity index (χ0n) is 19.0. The van der Waals surface area contributed by atoms with E-state index in [1.807, 2.05) is 13.0 Å². The second-order valence-electron chi connectivity index (χ2n) is 8.48. The van der Waals surface area contributed by atoms with Crippen molar-refractivity contribution in [3.05, 3.63) is 40.0 Å². The van der Waals surface area contributed by atoms with Gasteiger partial charge in [0, 0.05) is 36.8 Å². The van der Waals surface area contributed by atoms with Gasteiger partial charge in [-0.15, -0.1) is 0 Å². The third kappa shape index (κ3) is 4.62. The molecule has 4 rings (SSSR count). The first-order valence-electron chi connectivity index (χ1n) is 11.5. The van der Waals surface area contributed by atoms with Crippen LogP contribution in [0.4, 0.5) is 4.79 Å². The Morgan fingerprint density at radius 2 is 2.00 bits per heavy atom. The molecule has 33 heavy (non-hydrogen) atoms. The number of benzene rings is 1. The molecule has 2 aliphatic rings. The third-order valence-corrected chi connectivity index (χ3v) is 6.75. The fraction of sp³-hybridized carbons (Fsp3) is 0.500. The Labute approximate surface area is 198 Å². The van der Waals surface area contributed by atoms with Crippen molar-refractivity contribution in [2.75, 3.05) is 33.3 Å². The van der Waals surface area contributed by atoms with Crippen molar-refractivity contribution < 1.29 is 19.1 Å². The highest BCUT2D eigenvalue weighted by molar-refractivity contribution is 6.36. The number of fused-ring (bicyclic) bond motifs is 2. The number of ether oxygens (including phenoxy) is 1. The second kappa shape index (κ2) is 9.95. The van der Waals surface area contributed by atoms with Gasteiger partial charge in [0.25, 0.3) is 5.91 Å². The maximum absolute atomic E-state index is 13.3. The van der Waals surface area contributed by atoms with Crippen LogP contribution in [0.2, 0.25) is 5.02 Å². The fourth-order valence-corrected chi connectivity index (χ4v) is 4.90. The molecule has 0 spiro atoms. The van der Waals surface area contributed by atoms with Gasteiger partial charge in [-0.25, -0.2) is 4.79 Å². The molecule has 1 saturated heterocycles. The Bertz CT molecular complexity index is 1090. The molecule has 1 fully saturated rings. The third-order valence-electron chi connectivity index (χ3n) is 6.32. The quantitative estimate of drug-likeness (QED) is 0.737. The van der Waals surface area contributed by atoms with Gasteiger partial charge < -0.3 is 15.0 Å². The zero-order chi connectivity index (χ0) is 23.5. The summed E-state index contributed by atoms with van der Waals surface area (Å²) in [7, 11) is 1.51. The molecule has 1 unspecified atom stereocenters. The number of carbonyl (C=O) groups excluding carboxylic acids is 3. The molecule has 2 aromatic rings. The van der Waals surface area contributed by atoms with E-state index < -0.39 is 12.1 Å². The largest absolute Gasteiger partial charge is 0.449 e. The zero-order valence-corrected chi connectivity index (χ0v) is 19.8. The number of nitrogens with zero attached hydrogens (tertiary/aromatic N) is 3. The lowest BCUT2D eigenvalue weighted by molar-refractivity contribution is -0.127. The predicted molar refractivity (Wildman–Crippen MR) is 125 cm³/mol. The normalized spacial score (nSPS) is 18.1. The number of nitrogens with one attached hydrogen (secondary N) is 1. The van der Waals surface area contributed by atoms with Crippen LogP contribution < -0.4 is 5.32 Å². The molecular weight excluding hydrogens is 444 g/mol. The summed E-state index contributed by atoms with van der Waals surface area (Å²) in [4.78, 5) is 46.0. The van der Waals surface area contributed by atoms with Crippen molar-refractivity contribution in [1.82, 2.24) is 20.1 Å². The molecule has 1 aromatic heterocycles. The molecular formula is C24H29ClN4O4. The number of halogens is 1. The van der Waals surface area contributed by atoms with Crippen LogP contribution in [0, 0.1) is 0 Å². The molecule has 2 heterocycles. The molecule has 1 aliphatic carbocycles. The molecule has 0 bridgehead atoms. The number of pyridine rings is 1. The summed E-state index contributed by atoms with van der Waals surface area (Å²) in [6.07, 6.45) is 4.19. The fourth-order valence-electron chi connectivity index (χ4n) is 4.53. The average molecular weight is 473 g/mol. The first-order chi connectivity index (χ1) is 15.9. The van der Waals surface area contributed by atoms with Crippen molar-refractivity contribution in [2.24, 2.45) is 0 Å². The monoisotopic (exact) mass is 472 g/mol. The number of piperazine rings is 1. The summed E-state index contributed by atoms with van der Waals surface area (Å²) in [5, 5.41) is 4.16. The standard InChI is InChI=1S/C24H29ClN4O4/c1-3-12-33-24(32)29-11-10-28(14-20(29)22(30)26-2)23(31)15-8-9-17-19(13-15)27-18-7-5-4-6-16(18)21(17)25/h8-9,13,20H,3-7,10-12,14H2,1-2H3,(H,26,30). The maximum Gasteiger partial charge on any atom is 0.410 e. The van der Waals surface area contributed by atoms with Gasteiger partial charge in [-0.05, 0) is 49.8 Å². The number of rotatable bonds is 4. The van der Waals surface area contributed by atoms with Gasteiger partial charge >= 0.3 is 6.09 Å². The lowest BCUT2D eigenvalue weighted by Gasteiger charge is -2.39. The Kier molecular flexibility index (Phi) is 7.02. The second-order valence-corrected chi connectivity index (χ2v) is 8.86. The van der Waals surface area contributed by atoms with Crippen LogP contribution in [-0.4, -0.2) is 72.0 Å². The van der Waals surface area contributed by atoms with Crippen molar-refractivity contribution in [1.29, 1.82) is 0 Å². The molecule has 0 radical (unpaired) electrons. The molecule has 1 atom stereocenters. The number of hydrogen-bond donors (Lipinski definition) is 1. The molecule has 9 heteroatoms. The van der Waals surface area contributed by atoms with Crippen LogP contribution in [0.5, 0.6) is 0 Å². The first kappa shape index (κ1) is 23.3. The predicted octanol–water partition coefficient (Wildman–Crippen LogP) is 3.19. The summed E-state index contributed by atoms with van der Waals surface area (Å²) < 4.78 is 5.22. The van der Waals surface area contributed by atoms with Gasteiger partial charge in [-0.2, -0.15) is 0 Å². The van der Waals surface area contributed by atoms with E-state index in [4.69, 9.17) is 21.3 Å². The Balaban J connectivity index is 1.57. The van der Waals surface area contributed by atoms with Gasteiger partial charge in [0.15, 0.2) is 0 Å². The van der Waals surface area contributed by atoms with E-state index >= 15 is 0 Å². The van der Waals surface area contributed by atoms with Crippen LogP contribution in [-0.2, 0) is 22.4 Å². The molecule has 8 nitrogen and oxygen atoms in total. The topological polar surface area (TPSA) is 91.8 Å². The van der Waals surface area contributed by atoms with Crippen LogP contribution in [0.15, 0.2) is 18.2 Å². The molecule has 1 N–H and O–H groups in total. The lowest BCUT2D eigenvalue weighted by Crippen LogP contribution is -2.61. The SMILES string of the molecule is CCCOC(=O)N1CCN(C(=O)c2ccc3c(Cl)c4c(nc3c2)CCCC4)CC1C(=O)NC. The molecule has 3 amide bonds. The van der Waals surface area contributed by atoms with Gasteiger partial charge in [0.1, 0.15) is 6.04 Å². The highest BCUT2D eigenvalue weighted by Crippen LogP contribution is 2.33. The summed E-state index contributed by atoms with van der Waals surface area (Å²) in [5.41, 5.74) is 3.33. The van der Waals surface area contributed by atoms with Gasteiger partial charge in [-0.3, -0.25) is 19.5 Å². The van der Waals surface area contributed by atoms with E-state index in [9.17, 15) is 14.4 Å². The molecule has 176 valence electrons. The summed E-state index contributed by atoms with van der Waals surface area (Å²) in [5.74, 6) is -0.539. The number of amides is 3. The van der Waals surface area contributed by atoms with Crippen LogP contribution in [0.25, 0.3) is 10.9 Å². The van der Waals surface area contributed by atoms with Gasteiger partial charge in [-0.1, -0.05) is 24.6 Å². The highest BCUT2D eigenvalue weighted by Gasteiger charge is 2.37. The van der Waals surface area contributed by atoms with Crippen molar-refractivity contribution in [2.45, 2.75) is 45.1 Å². The number of carbonyl (C=O) groups is 3. The van der Waals surface area contributed by atoms with E-state index in [1.165, 1.54) is 11.9 Å². The van der Waals surface area contributed by atoms with Crippen LogP contribution in [0.3, 0.4) is 0 Å². The Morgan fingerprint density at radius 1 is 1.21 bits per heavy atom. The van der Waals surface area contributed by atoms with Crippen molar-refractivity contribution in [3.8, 4) is 0 Å². The van der Waals surface area contributed by atoms with Crippen LogP contribution in [0.1, 0.15) is 47.8 Å². The van der Waals surface area contributed by atoms with Gasteiger partial charge in [0.2, 0.25) is 5.91 Å². The maximum atomic E-state index is 13.3. The summed E-state index contributed by atoms with van der Waals surface area (Å²) in [6, 6.07) is 4.57. The van der Waals surface area contributed by atoms with Crippen molar-refractivity contribution in [3.63, 3.8) is 0 Å².